The minimum Gasteiger partial charge on any atom is -0.268 e. The number of rotatable bonds is 3. The van der Waals surface area contributed by atoms with Crippen molar-refractivity contribution < 1.29 is 12.7 Å². The van der Waals surface area contributed by atoms with Crippen LogP contribution in [-0.4, -0.2) is 19.8 Å². The maximum absolute atomic E-state index is 10.4. The highest BCUT2D eigenvalue weighted by Crippen LogP contribution is 2.02. The summed E-state index contributed by atoms with van der Waals surface area (Å²) in [6.45, 7) is 3.55. The predicted octanol–water partition coefficient (Wildman–Crippen LogP) is 1.17. The zero-order chi connectivity index (χ0) is 9.07. The van der Waals surface area contributed by atoms with E-state index in [0.717, 1.165) is 6.26 Å². The molecule has 6 heteroatoms. The smallest absolute Gasteiger partial charge is 0.268 e. The van der Waals surface area contributed by atoms with Gasteiger partial charge >= 0.3 is 10.1 Å². The second-order valence-electron chi connectivity index (χ2n) is 2.35. The van der Waals surface area contributed by atoms with Crippen LogP contribution in [0.5, 0.6) is 0 Å². The summed E-state index contributed by atoms with van der Waals surface area (Å²) in [5.41, 5.74) is 0. The molecule has 0 saturated carbocycles. The standard InChI is InChI=1S/C5H10ClNO3S/c1-4(2)5(6)7-10-11(3,8)9/h4H,1-3H3/b7-5+. The average molecular weight is 200 g/mol. The molecule has 0 aliphatic rings. The molecule has 0 atom stereocenters. The van der Waals surface area contributed by atoms with Crippen LogP contribution in [0.15, 0.2) is 5.16 Å². The van der Waals surface area contributed by atoms with E-state index < -0.39 is 10.1 Å². The first-order valence-corrected chi connectivity index (χ1v) is 5.14. The zero-order valence-corrected chi connectivity index (χ0v) is 8.11. The first kappa shape index (κ1) is 10.7. The molecule has 0 bridgehead atoms. The summed E-state index contributed by atoms with van der Waals surface area (Å²) >= 11 is 5.48. The van der Waals surface area contributed by atoms with Gasteiger partial charge in [-0.1, -0.05) is 30.6 Å². The fourth-order valence-corrected chi connectivity index (χ4v) is 0.500. The van der Waals surface area contributed by atoms with Crippen molar-refractivity contribution in [3.63, 3.8) is 0 Å². The molecule has 0 unspecified atom stereocenters. The Morgan fingerprint density at radius 2 is 2.00 bits per heavy atom. The van der Waals surface area contributed by atoms with Gasteiger partial charge in [-0.3, -0.25) is 4.28 Å². The van der Waals surface area contributed by atoms with Gasteiger partial charge in [-0.05, 0) is 0 Å². The van der Waals surface area contributed by atoms with Crippen LogP contribution in [0.1, 0.15) is 13.8 Å². The number of nitrogens with zero attached hydrogens (tertiary/aromatic N) is 1. The second kappa shape index (κ2) is 3.92. The van der Waals surface area contributed by atoms with Gasteiger partial charge in [-0.15, -0.1) is 0 Å². The molecule has 0 aliphatic carbocycles. The van der Waals surface area contributed by atoms with Crippen LogP contribution in [-0.2, 0) is 14.4 Å². The van der Waals surface area contributed by atoms with Gasteiger partial charge in [0.1, 0.15) is 5.17 Å². The lowest BCUT2D eigenvalue weighted by molar-refractivity contribution is 0.342. The molecule has 0 aromatic heterocycles. The molecule has 0 spiro atoms. The lowest BCUT2D eigenvalue weighted by atomic mass is 10.2. The van der Waals surface area contributed by atoms with Crippen molar-refractivity contribution in [2.75, 3.05) is 6.26 Å². The van der Waals surface area contributed by atoms with Crippen molar-refractivity contribution in [1.82, 2.24) is 0 Å². The van der Waals surface area contributed by atoms with E-state index >= 15 is 0 Å². The van der Waals surface area contributed by atoms with E-state index in [1.807, 2.05) is 0 Å². The Labute approximate surface area is 71.3 Å². The Hall–Kier alpha value is -0.290. The summed E-state index contributed by atoms with van der Waals surface area (Å²) in [6, 6.07) is 0. The molecular formula is C5H10ClNO3S. The van der Waals surface area contributed by atoms with Crippen LogP contribution >= 0.6 is 11.6 Å². The van der Waals surface area contributed by atoms with Gasteiger partial charge in [0.2, 0.25) is 0 Å². The van der Waals surface area contributed by atoms with Crippen LogP contribution in [0, 0.1) is 5.92 Å². The molecule has 0 saturated heterocycles. The molecule has 0 aromatic rings. The molecular weight excluding hydrogens is 190 g/mol. The van der Waals surface area contributed by atoms with Gasteiger partial charge in [0.25, 0.3) is 0 Å². The highest BCUT2D eigenvalue weighted by atomic mass is 35.5. The van der Waals surface area contributed by atoms with Gasteiger partial charge in [0.05, 0.1) is 6.26 Å². The fourth-order valence-electron chi connectivity index (χ4n) is 0.209. The average Bonchev–Trinajstić information content (AvgIpc) is 1.80. The molecule has 66 valence electrons. The van der Waals surface area contributed by atoms with Crippen LogP contribution in [0.2, 0.25) is 0 Å². The van der Waals surface area contributed by atoms with E-state index in [1.165, 1.54) is 0 Å². The quantitative estimate of drug-likeness (QED) is 0.507. The lowest BCUT2D eigenvalue weighted by Crippen LogP contribution is -2.03. The van der Waals surface area contributed by atoms with E-state index in [4.69, 9.17) is 11.6 Å². The van der Waals surface area contributed by atoms with E-state index in [9.17, 15) is 8.42 Å². The van der Waals surface area contributed by atoms with Crippen molar-refractivity contribution in [3.05, 3.63) is 0 Å². The summed E-state index contributed by atoms with van der Waals surface area (Å²) in [5.74, 6) is -0.0292. The molecule has 0 N–H and O–H groups in total. The van der Waals surface area contributed by atoms with E-state index in [0.29, 0.717) is 0 Å². The zero-order valence-electron chi connectivity index (χ0n) is 6.54. The van der Waals surface area contributed by atoms with Gasteiger partial charge in [-0.2, -0.15) is 8.42 Å². The third kappa shape index (κ3) is 6.12. The summed E-state index contributed by atoms with van der Waals surface area (Å²) in [4.78, 5) is 0. The normalized spacial score (nSPS) is 13.7. The van der Waals surface area contributed by atoms with Crippen molar-refractivity contribution in [1.29, 1.82) is 0 Å². The van der Waals surface area contributed by atoms with Gasteiger partial charge in [0.15, 0.2) is 0 Å². The fraction of sp³-hybridized carbons (Fsp3) is 0.800. The SMILES string of the molecule is CC(C)/C(Cl)=N\OS(C)(=O)=O. The highest BCUT2D eigenvalue weighted by Gasteiger charge is 2.04. The molecule has 0 rings (SSSR count). The molecule has 0 radical (unpaired) electrons. The monoisotopic (exact) mass is 199 g/mol. The Morgan fingerprint density at radius 1 is 1.55 bits per heavy atom. The van der Waals surface area contributed by atoms with Gasteiger partial charge in [-0.25, -0.2) is 0 Å². The maximum Gasteiger partial charge on any atom is 0.325 e. The number of hydrogen-bond donors (Lipinski definition) is 0. The minimum absolute atomic E-state index is 0.0292. The predicted molar refractivity (Wildman–Crippen MR) is 44.1 cm³/mol. The molecule has 11 heavy (non-hydrogen) atoms. The van der Waals surface area contributed by atoms with Crippen LogP contribution in [0.3, 0.4) is 0 Å². The third-order valence-corrected chi connectivity index (χ3v) is 1.59. The van der Waals surface area contributed by atoms with E-state index in [-0.39, 0.29) is 11.1 Å². The van der Waals surface area contributed by atoms with Crippen LogP contribution in [0.4, 0.5) is 0 Å². The summed E-state index contributed by atoms with van der Waals surface area (Å²) in [6.07, 6.45) is 0.904. The Bertz CT molecular complexity index is 244. The molecule has 0 aliphatic heterocycles. The van der Waals surface area contributed by atoms with Gasteiger partial charge < -0.3 is 0 Å². The molecule has 4 nitrogen and oxygen atoms in total. The molecule has 0 amide bonds. The topological polar surface area (TPSA) is 55.7 Å². The first-order chi connectivity index (χ1) is 4.83. The second-order valence-corrected chi connectivity index (χ2v) is 4.29. The van der Waals surface area contributed by atoms with Crippen LogP contribution < -0.4 is 0 Å². The highest BCUT2D eigenvalue weighted by molar-refractivity contribution is 7.85. The van der Waals surface area contributed by atoms with Gasteiger partial charge in [0, 0.05) is 5.92 Å². The van der Waals surface area contributed by atoms with E-state index in [2.05, 4.69) is 9.44 Å². The van der Waals surface area contributed by atoms with E-state index in [1.54, 1.807) is 13.8 Å². The summed E-state index contributed by atoms with van der Waals surface area (Å²) < 4.78 is 24.8. The van der Waals surface area contributed by atoms with Crippen LogP contribution in [0.25, 0.3) is 0 Å². The third-order valence-electron chi connectivity index (χ3n) is 0.736. The Balaban J connectivity index is 4.15. The molecule has 0 aromatic carbocycles. The lowest BCUT2D eigenvalue weighted by Gasteiger charge is -1.99. The summed E-state index contributed by atoms with van der Waals surface area (Å²) in [5, 5.41) is 3.32. The molecule has 0 heterocycles. The first-order valence-electron chi connectivity index (χ1n) is 2.95. The minimum atomic E-state index is -3.52. The van der Waals surface area contributed by atoms with Crippen molar-refractivity contribution in [2.45, 2.75) is 13.8 Å². The Kier molecular flexibility index (Phi) is 3.82. The number of halogens is 1. The Morgan fingerprint density at radius 3 is 2.27 bits per heavy atom. The van der Waals surface area contributed by atoms with Crippen molar-refractivity contribution in [2.24, 2.45) is 11.1 Å². The van der Waals surface area contributed by atoms with Crippen molar-refractivity contribution in [3.8, 4) is 0 Å². The summed E-state index contributed by atoms with van der Waals surface area (Å²) in [7, 11) is -3.52. The number of hydrogen-bond acceptors (Lipinski definition) is 4. The maximum atomic E-state index is 10.4. The van der Waals surface area contributed by atoms with Crippen molar-refractivity contribution >= 4 is 26.9 Å². The largest absolute Gasteiger partial charge is 0.325 e. The molecule has 0 fully saturated rings. The number of oxime groups is 1.